The maximum atomic E-state index is 12.1. The maximum Gasteiger partial charge on any atom is 0.573 e. The lowest BCUT2D eigenvalue weighted by atomic mass is 10.3. The lowest BCUT2D eigenvalue weighted by molar-refractivity contribution is -0.274. The highest BCUT2D eigenvalue weighted by atomic mass is 35.5. The van der Waals surface area contributed by atoms with Gasteiger partial charge in [0, 0.05) is 5.02 Å². The second-order valence-corrected chi connectivity index (χ2v) is 6.41. The van der Waals surface area contributed by atoms with Gasteiger partial charge in [0.05, 0.1) is 10.6 Å². The Morgan fingerprint density at radius 2 is 1.70 bits per heavy atom. The maximum absolute atomic E-state index is 12.1. The molecule has 0 heterocycles. The van der Waals surface area contributed by atoms with Crippen LogP contribution in [0.5, 0.6) is 11.5 Å². The van der Waals surface area contributed by atoms with Gasteiger partial charge in [0.25, 0.3) is 10.0 Å². The van der Waals surface area contributed by atoms with E-state index in [-0.39, 0.29) is 21.4 Å². The number of phenols is 1. The Hall–Kier alpha value is -2.13. The van der Waals surface area contributed by atoms with Gasteiger partial charge in [0.15, 0.2) is 0 Å². The molecule has 5 nitrogen and oxygen atoms in total. The smallest absolute Gasteiger partial charge is 0.506 e. The molecule has 0 aromatic heterocycles. The molecule has 0 fully saturated rings. The molecule has 0 saturated heterocycles. The first-order valence-electron chi connectivity index (χ1n) is 5.94. The number of rotatable bonds is 4. The normalized spacial score (nSPS) is 12.0. The van der Waals surface area contributed by atoms with Crippen LogP contribution in [0.2, 0.25) is 5.02 Å². The van der Waals surface area contributed by atoms with Crippen LogP contribution in [0.25, 0.3) is 0 Å². The van der Waals surface area contributed by atoms with E-state index in [1.165, 1.54) is 18.2 Å². The molecule has 0 radical (unpaired) electrons. The molecule has 0 aliphatic carbocycles. The number of nitrogens with one attached hydrogen (secondary N) is 1. The predicted molar refractivity (Wildman–Crippen MR) is 77.1 cm³/mol. The van der Waals surface area contributed by atoms with Gasteiger partial charge in [-0.3, -0.25) is 4.72 Å². The molecule has 0 amide bonds. The first-order valence-corrected chi connectivity index (χ1v) is 7.80. The van der Waals surface area contributed by atoms with Crippen LogP contribution in [0.3, 0.4) is 0 Å². The highest BCUT2D eigenvalue weighted by Crippen LogP contribution is 2.29. The van der Waals surface area contributed by atoms with Crippen LogP contribution in [0.1, 0.15) is 0 Å². The molecular formula is C13H9ClF3NO4S. The Bertz CT molecular complexity index is 807. The van der Waals surface area contributed by atoms with E-state index in [1.54, 1.807) is 0 Å². The van der Waals surface area contributed by atoms with Crippen LogP contribution in [0.4, 0.5) is 18.9 Å². The van der Waals surface area contributed by atoms with Crippen molar-refractivity contribution < 1.29 is 31.4 Å². The highest BCUT2D eigenvalue weighted by Gasteiger charge is 2.31. The van der Waals surface area contributed by atoms with Crippen molar-refractivity contribution in [3.05, 3.63) is 47.5 Å². The molecular weight excluding hydrogens is 359 g/mol. The zero-order chi connectivity index (χ0) is 17.3. The van der Waals surface area contributed by atoms with Crippen molar-refractivity contribution in [2.45, 2.75) is 11.3 Å². The molecule has 2 aromatic carbocycles. The lowest BCUT2D eigenvalue weighted by Crippen LogP contribution is -2.17. The second kappa shape index (κ2) is 6.17. The number of hydrogen-bond donors (Lipinski definition) is 2. The third-order valence-electron chi connectivity index (χ3n) is 2.57. The molecule has 2 N–H and O–H groups in total. The van der Waals surface area contributed by atoms with Gasteiger partial charge < -0.3 is 9.84 Å². The van der Waals surface area contributed by atoms with Crippen molar-refractivity contribution in [1.29, 1.82) is 0 Å². The summed E-state index contributed by atoms with van der Waals surface area (Å²) in [7, 11) is -4.12. The number of halogens is 4. The zero-order valence-corrected chi connectivity index (χ0v) is 12.7. The molecule has 0 aliphatic heterocycles. The van der Waals surface area contributed by atoms with Gasteiger partial charge in [0.1, 0.15) is 11.5 Å². The van der Waals surface area contributed by atoms with Gasteiger partial charge in [-0.25, -0.2) is 8.42 Å². The average molecular weight is 368 g/mol. The number of aromatic hydroxyl groups is 1. The Morgan fingerprint density at radius 3 is 2.26 bits per heavy atom. The fourth-order valence-electron chi connectivity index (χ4n) is 1.61. The third-order valence-corrected chi connectivity index (χ3v) is 4.19. The quantitative estimate of drug-likeness (QED) is 0.807. The number of hydrogen-bond acceptors (Lipinski definition) is 4. The molecule has 0 saturated carbocycles. The minimum absolute atomic E-state index is 0.159. The molecule has 124 valence electrons. The van der Waals surface area contributed by atoms with Crippen molar-refractivity contribution in [3.8, 4) is 11.5 Å². The second-order valence-electron chi connectivity index (χ2n) is 4.29. The monoisotopic (exact) mass is 367 g/mol. The van der Waals surface area contributed by atoms with E-state index in [9.17, 15) is 26.7 Å². The largest absolute Gasteiger partial charge is 0.573 e. The first-order chi connectivity index (χ1) is 10.6. The number of ether oxygens (including phenoxy) is 1. The van der Waals surface area contributed by atoms with Crippen LogP contribution in [-0.4, -0.2) is 19.9 Å². The van der Waals surface area contributed by atoms with Crippen LogP contribution in [0, 0.1) is 0 Å². The molecule has 0 spiro atoms. The molecule has 0 bridgehead atoms. The molecule has 23 heavy (non-hydrogen) atoms. The summed E-state index contributed by atoms with van der Waals surface area (Å²) >= 11 is 5.70. The molecule has 0 atom stereocenters. The summed E-state index contributed by atoms with van der Waals surface area (Å²) in [6.45, 7) is 0. The van der Waals surface area contributed by atoms with Crippen molar-refractivity contribution >= 4 is 27.3 Å². The van der Waals surface area contributed by atoms with Gasteiger partial charge in [0.2, 0.25) is 0 Å². The third kappa shape index (κ3) is 4.67. The standard InChI is InChI=1S/C13H9ClF3NO4S/c14-8-1-6-12(19)11(7-8)18-23(20,21)10-4-2-9(3-5-10)22-13(15,16)17/h1-7,18-19H. The number of anilines is 1. The minimum Gasteiger partial charge on any atom is -0.506 e. The van der Waals surface area contributed by atoms with E-state index in [1.807, 2.05) is 0 Å². The topological polar surface area (TPSA) is 75.6 Å². The number of alkyl halides is 3. The number of benzene rings is 2. The summed E-state index contributed by atoms with van der Waals surface area (Å²) in [5.74, 6) is -0.906. The first kappa shape index (κ1) is 17.2. The fraction of sp³-hybridized carbons (Fsp3) is 0.0769. The Morgan fingerprint density at radius 1 is 1.09 bits per heavy atom. The minimum atomic E-state index is -4.87. The summed E-state index contributed by atoms with van der Waals surface area (Å²) in [4.78, 5) is -0.314. The summed E-state index contributed by atoms with van der Waals surface area (Å²) in [5.41, 5.74) is -0.159. The Kier molecular flexibility index (Phi) is 4.62. The van der Waals surface area contributed by atoms with Gasteiger partial charge in [-0.05, 0) is 42.5 Å². The lowest BCUT2D eigenvalue weighted by Gasteiger charge is -2.11. The van der Waals surface area contributed by atoms with E-state index in [2.05, 4.69) is 9.46 Å². The summed E-state index contributed by atoms with van der Waals surface area (Å²) in [6.07, 6.45) is -4.87. The highest BCUT2D eigenvalue weighted by molar-refractivity contribution is 7.92. The predicted octanol–water partition coefficient (Wildman–Crippen LogP) is 3.75. The van der Waals surface area contributed by atoms with Crippen LogP contribution in [0.15, 0.2) is 47.4 Å². The number of sulfonamides is 1. The molecule has 2 rings (SSSR count). The van der Waals surface area contributed by atoms with Crippen molar-refractivity contribution in [2.75, 3.05) is 4.72 Å². The van der Waals surface area contributed by atoms with Crippen LogP contribution < -0.4 is 9.46 Å². The molecule has 2 aromatic rings. The fourth-order valence-corrected chi connectivity index (χ4v) is 2.85. The van der Waals surface area contributed by atoms with E-state index in [4.69, 9.17) is 11.6 Å². The van der Waals surface area contributed by atoms with Crippen molar-refractivity contribution in [3.63, 3.8) is 0 Å². The molecule has 10 heteroatoms. The van der Waals surface area contributed by atoms with Crippen LogP contribution >= 0.6 is 11.6 Å². The van der Waals surface area contributed by atoms with Gasteiger partial charge in [-0.15, -0.1) is 13.2 Å². The summed E-state index contributed by atoms with van der Waals surface area (Å²) < 4.78 is 66.2. The molecule has 0 unspecified atom stereocenters. The average Bonchev–Trinajstić information content (AvgIpc) is 2.41. The van der Waals surface area contributed by atoms with Crippen molar-refractivity contribution in [1.82, 2.24) is 0 Å². The Balaban J connectivity index is 2.24. The zero-order valence-electron chi connectivity index (χ0n) is 11.1. The van der Waals surface area contributed by atoms with Gasteiger partial charge in [-0.1, -0.05) is 11.6 Å². The summed E-state index contributed by atoms with van der Waals surface area (Å²) in [6, 6.07) is 7.34. The van der Waals surface area contributed by atoms with Crippen molar-refractivity contribution in [2.24, 2.45) is 0 Å². The van der Waals surface area contributed by atoms with E-state index in [0.29, 0.717) is 0 Å². The number of phenolic OH excluding ortho intramolecular Hbond substituents is 1. The van der Waals surface area contributed by atoms with E-state index < -0.39 is 22.1 Å². The van der Waals surface area contributed by atoms with E-state index >= 15 is 0 Å². The Labute approximate surface area is 134 Å². The van der Waals surface area contributed by atoms with Crippen LogP contribution in [-0.2, 0) is 10.0 Å². The molecule has 0 aliphatic rings. The summed E-state index contributed by atoms with van der Waals surface area (Å²) in [5, 5.41) is 9.78. The van der Waals surface area contributed by atoms with E-state index in [0.717, 1.165) is 24.3 Å². The van der Waals surface area contributed by atoms with Gasteiger partial charge >= 0.3 is 6.36 Å². The SMILES string of the molecule is O=S(=O)(Nc1cc(Cl)ccc1O)c1ccc(OC(F)(F)F)cc1. The van der Waals surface area contributed by atoms with Gasteiger partial charge in [-0.2, -0.15) is 0 Å².